The van der Waals surface area contributed by atoms with Gasteiger partial charge >= 0.3 is 0 Å². The summed E-state index contributed by atoms with van der Waals surface area (Å²) in [5.74, 6) is 0.297. The van der Waals surface area contributed by atoms with E-state index in [1.54, 1.807) is 0 Å². The minimum Gasteiger partial charge on any atom is -0.399 e. The van der Waals surface area contributed by atoms with Gasteiger partial charge in [0.05, 0.1) is 6.54 Å². The molecule has 1 heterocycles. The normalized spacial score (nSPS) is 19.0. The number of likely N-dealkylation sites (tertiary alicyclic amines) is 1. The van der Waals surface area contributed by atoms with Gasteiger partial charge in [0.2, 0.25) is 5.91 Å². The molecule has 2 fully saturated rings. The number of carbonyl (C=O) groups excluding carboxylic acids is 1. The van der Waals surface area contributed by atoms with Crippen LogP contribution in [0.25, 0.3) is 0 Å². The van der Waals surface area contributed by atoms with E-state index in [-0.39, 0.29) is 0 Å². The molecule has 4 nitrogen and oxygen atoms in total. The van der Waals surface area contributed by atoms with Crippen molar-refractivity contribution in [1.82, 2.24) is 9.80 Å². The number of nitrogens with two attached hydrogens (primary N) is 1. The van der Waals surface area contributed by atoms with E-state index in [4.69, 9.17) is 5.73 Å². The van der Waals surface area contributed by atoms with Crippen LogP contribution in [0.15, 0.2) is 24.3 Å². The maximum Gasteiger partial charge on any atom is 0.236 e. The van der Waals surface area contributed by atoms with E-state index in [9.17, 15) is 4.79 Å². The van der Waals surface area contributed by atoms with Crippen molar-refractivity contribution in [3.05, 3.63) is 29.8 Å². The fourth-order valence-corrected chi connectivity index (χ4v) is 3.10. The third-order valence-electron chi connectivity index (χ3n) is 4.45. The Labute approximate surface area is 126 Å². The smallest absolute Gasteiger partial charge is 0.236 e. The van der Waals surface area contributed by atoms with Crippen molar-refractivity contribution in [2.45, 2.75) is 44.7 Å². The number of anilines is 1. The van der Waals surface area contributed by atoms with Crippen molar-refractivity contribution >= 4 is 11.6 Å². The summed E-state index contributed by atoms with van der Waals surface area (Å²) in [4.78, 5) is 16.8. The molecule has 2 aliphatic rings. The third kappa shape index (κ3) is 3.97. The van der Waals surface area contributed by atoms with E-state index in [2.05, 4.69) is 11.0 Å². The predicted octanol–water partition coefficient (Wildman–Crippen LogP) is 2.25. The zero-order valence-electron chi connectivity index (χ0n) is 12.6. The highest BCUT2D eigenvalue weighted by molar-refractivity contribution is 5.78. The molecule has 0 spiro atoms. The number of nitrogen functional groups attached to an aromatic ring is 1. The Morgan fingerprint density at radius 3 is 2.67 bits per heavy atom. The molecule has 1 amide bonds. The molecule has 1 aliphatic heterocycles. The van der Waals surface area contributed by atoms with Crippen LogP contribution in [0.2, 0.25) is 0 Å². The lowest BCUT2D eigenvalue weighted by atomic mass is 10.1. The van der Waals surface area contributed by atoms with E-state index in [0.29, 0.717) is 18.5 Å². The number of piperidine rings is 1. The van der Waals surface area contributed by atoms with Crippen LogP contribution in [-0.4, -0.2) is 41.4 Å². The molecule has 1 aliphatic carbocycles. The summed E-state index contributed by atoms with van der Waals surface area (Å²) in [6.07, 6.45) is 6.01. The Bertz CT molecular complexity index is 493. The number of benzene rings is 1. The van der Waals surface area contributed by atoms with Gasteiger partial charge in [-0.05, 0) is 49.8 Å². The second-order valence-corrected chi connectivity index (χ2v) is 6.32. The number of rotatable bonds is 5. The first-order valence-corrected chi connectivity index (χ1v) is 8.08. The maximum absolute atomic E-state index is 12.5. The van der Waals surface area contributed by atoms with Crippen LogP contribution in [0.3, 0.4) is 0 Å². The van der Waals surface area contributed by atoms with Crippen LogP contribution in [0.1, 0.15) is 37.7 Å². The molecule has 1 aromatic rings. The lowest BCUT2D eigenvalue weighted by Gasteiger charge is -2.30. The first-order chi connectivity index (χ1) is 10.2. The van der Waals surface area contributed by atoms with Crippen molar-refractivity contribution < 1.29 is 4.79 Å². The molecule has 0 unspecified atom stereocenters. The van der Waals surface area contributed by atoms with Crippen LogP contribution < -0.4 is 5.73 Å². The van der Waals surface area contributed by atoms with Gasteiger partial charge in [0.15, 0.2) is 0 Å². The second kappa shape index (κ2) is 6.48. The molecule has 21 heavy (non-hydrogen) atoms. The fourth-order valence-electron chi connectivity index (χ4n) is 3.10. The van der Waals surface area contributed by atoms with Gasteiger partial charge in [0.25, 0.3) is 0 Å². The van der Waals surface area contributed by atoms with Gasteiger partial charge in [-0.15, -0.1) is 0 Å². The summed E-state index contributed by atoms with van der Waals surface area (Å²) >= 11 is 0. The minimum absolute atomic E-state index is 0.297. The molecule has 3 rings (SSSR count). The maximum atomic E-state index is 12.5. The summed E-state index contributed by atoms with van der Waals surface area (Å²) in [7, 11) is 0. The van der Waals surface area contributed by atoms with E-state index in [0.717, 1.165) is 38.2 Å². The standard InChI is InChI=1S/C17H25N3O/c18-15-6-4-5-14(11-15)12-20(16-7-8-16)13-17(21)19-9-2-1-3-10-19/h4-6,11,16H,1-3,7-10,12-13,18H2. The van der Waals surface area contributed by atoms with Gasteiger partial charge in [-0.3, -0.25) is 9.69 Å². The van der Waals surface area contributed by atoms with Gasteiger partial charge in [-0.2, -0.15) is 0 Å². The largest absolute Gasteiger partial charge is 0.399 e. The molecule has 2 N–H and O–H groups in total. The number of hydrogen-bond donors (Lipinski definition) is 1. The summed E-state index contributed by atoms with van der Waals surface area (Å²) in [6.45, 7) is 3.26. The SMILES string of the molecule is Nc1cccc(CN(CC(=O)N2CCCCC2)C2CC2)c1. The van der Waals surface area contributed by atoms with Crippen LogP contribution in [0, 0.1) is 0 Å². The molecule has 0 atom stereocenters. The van der Waals surface area contributed by atoms with Crippen molar-refractivity contribution in [3.63, 3.8) is 0 Å². The Balaban J connectivity index is 1.60. The highest BCUT2D eigenvalue weighted by Gasteiger charge is 2.31. The van der Waals surface area contributed by atoms with Crippen LogP contribution in [0.4, 0.5) is 5.69 Å². The van der Waals surface area contributed by atoms with E-state index >= 15 is 0 Å². The molecule has 0 aromatic heterocycles. The van der Waals surface area contributed by atoms with Crippen molar-refractivity contribution in [1.29, 1.82) is 0 Å². The van der Waals surface area contributed by atoms with Crippen LogP contribution in [-0.2, 0) is 11.3 Å². The first kappa shape index (κ1) is 14.4. The Hall–Kier alpha value is -1.55. The molecular weight excluding hydrogens is 262 g/mol. The summed E-state index contributed by atoms with van der Waals surface area (Å²) in [5.41, 5.74) is 7.85. The first-order valence-electron chi connectivity index (χ1n) is 8.08. The van der Waals surface area contributed by atoms with Crippen molar-refractivity contribution in [3.8, 4) is 0 Å². The number of hydrogen-bond acceptors (Lipinski definition) is 3. The summed E-state index contributed by atoms with van der Waals surface area (Å²) in [5, 5.41) is 0. The summed E-state index contributed by atoms with van der Waals surface area (Å²) < 4.78 is 0. The van der Waals surface area contributed by atoms with E-state index in [1.165, 1.54) is 24.8 Å². The van der Waals surface area contributed by atoms with Crippen molar-refractivity contribution in [2.24, 2.45) is 0 Å². The van der Waals surface area contributed by atoms with Crippen LogP contribution in [0.5, 0.6) is 0 Å². The lowest BCUT2D eigenvalue weighted by Crippen LogP contribution is -2.43. The number of amides is 1. The third-order valence-corrected chi connectivity index (χ3v) is 4.45. The fraction of sp³-hybridized carbons (Fsp3) is 0.588. The number of nitrogens with zero attached hydrogens (tertiary/aromatic N) is 2. The molecule has 4 heteroatoms. The molecule has 0 bridgehead atoms. The van der Waals surface area contributed by atoms with Gasteiger partial charge in [0.1, 0.15) is 0 Å². The van der Waals surface area contributed by atoms with Gasteiger partial charge in [0, 0.05) is 31.4 Å². The Morgan fingerprint density at radius 1 is 1.24 bits per heavy atom. The van der Waals surface area contributed by atoms with Gasteiger partial charge in [-0.1, -0.05) is 12.1 Å². The highest BCUT2D eigenvalue weighted by atomic mass is 16.2. The van der Waals surface area contributed by atoms with Crippen molar-refractivity contribution in [2.75, 3.05) is 25.4 Å². The topological polar surface area (TPSA) is 49.6 Å². The average Bonchev–Trinajstić information content (AvgIpc) is 3.32. The van der Waals surface area contributed by atoms with E-state index < -0.39 is 0 Å². The molecule has 1 saturated carbocycles. The molecule has 1 saturated heterocycles. The van der Waals surface area contributed by atoms with Gasteiger partial charge < -0.3 is 10.6 Å². The molecule has 114 valence electrons. The highest BCUT2D eigenvalue weighted by Crippen LogP contribution is 2.28. The second-order valence-electron chi connectivity index (χ2n) is 6.32. The van der Waals surface area contributed by atoms with Crippen LogP contribution >= 0.6 is 0 Å². The molecule has 1 aromatic carbocycles. The Kier molecular flexibility index (Phi) is 4.44. The van der Waals surface area contributed by atoms with E-state index in [1.807, 2.05) is 23.1 Å². The average molecular weight is 287 g/mol. The minimum atomic E-state index is 0.297. The molecule has 0 radical (unpaired) electrons. The lowest BCUT2D eigenvalue weighted by molar-refractivity contribution is -0.133. The number of carbonyl (C=O) groups is 1. The quantitative estimate of drug-likeness (QED) is 0.845. The predicted molar refractivity (Wildman–Crippen MR) is 84.7 cm³/mol. The van der Waals surface area contributed by atoms with Gasteiger partial charge in [-0.25, -0.2) is 0 Å². The Morgan fingerprint density at radius 2 is 2.00 bits per heavy atom. The summed E-state index contributed by atoms with van der Waals surface area (Å²) in [6, 6.07) is 8.59. The zero-order chi connectivity index (χ0) is 14.7. The monoisotopic (exact) mass is 287 g/mol. The zero-order valence-corrected chi connectivity index (χ0v) is 12.6. The molecular formula is C17H25N3O.